The lowest BCUT2D eigenvalue weighted by atomic mass is 9.85. The molecule has 0 spiro atoms. The molecule has 3 rings (SSSR count). The molecule has 0 aromatic heterocycles. The van der Waals surface area contributed by atoms with Crippen LogP contribution >= 0.6 is 0 Å². The lowest BCUT2D eigenvalue weighted by Gasteiger charge is -2.27. The molecule has 0 radical (unpaired) electrons. The number of carbonyl (C=O) groups excluding carboxylic acids is 2. The maximum atomic E-state index is 13.9. The molecule has 0 bridgehead atoms. The van der Waals surface area contributed by atoms with Gasteiger partial charge in [-0.15, -0.1) is 0 Å². The zero-order valence-corrected chi connectivity index (χ0v) is 15.5. The highest BCUT2D eigenvalue weighted by molar-refractivity contribution is 5.70. The first-order chi connectivity index (χ1) is 13.4. The Labute approximate surface area is 161 Å². The zero-order chi connectivity index (χ0) is 20.6. The van der Waals surface area contributed by atoms with Gasteiger partial charge in [-0.2, -0.15) is 9.59 Å². The highest BCUT2D eigenvalue weighted by atomic mass is 19.3. The molecule has 0 saturated carbocycles. The number of allylic oxidation sites excluding steroid dienone is 1. The van der Waals surface area contributed by atoms with E-state index in [1.165, 1.54) is 17.7 Å². The van der Waals surface area contributed by atoms with Gasteiger partial charge in [-0.1, -0.05) is 31.2 Å². The van der Waals surface area contributed by atoms with Crippen molar-refractivity contribution in [2.45, 2.75) is 38.5 Å². The second-order valence-corrected chi connectivity index (χ2v) is 6.49. The third-order valence-electron chi connectivity index (χ3n) is 4.58. The second-order valence-electron chi connectivity index (χ2n) is 6.49. The molecule has 0 unspecified atom stereocenters. The normalized spacial score (nSPS) is 15.3. The fourth-order valence-electron chi connectivity index (χ4n) is 3.12. The minimum atomic E-state index is -2.71. The molecule has 0 atom stereocenters. The standard InChI is InChI=1S/C21H21F3O.CO2/c1-2-15-3-9-19(10-4-15)25-14-17-13-21(23,24)12-11-20(17)16-5-7-18(22)8-6-16;2-1-3/h3-10H,2,11-14H2,1H3;. The molecule has 0 fully saturated rings. The molecule has 3 nitrogen and oxygen atoms in total. The summed E-state index contributed by atoms with van der Waals surface area (Å²) in [5, 5.41) is 0. The molecule has 28 heavy (non-hydrogen) atoms. The summed E-state index contributed by atoms with van der Waals surface area (Å²) in [4.78, 5) is 16.2. The Morgan fingerprint density at radius 3 is 2.21 bits per heavy atom. The van der Waals surface area contributed by atoms with Gasteiger partial charge in [0, 0.05) is 12.8 Å². The molecule has 0 N–H and O–H groups in total. The van der Waals surface area contributed by atoms with Gasteiger partial charge >= 0.3 is 6.15 Å². The second kappa shape index (κ2) is 9.90. The predicted octanol–water partition coefficient (Wildman–Crippen LogP) is 5.46. The first kappa shape index (κ1) is 21.5. The molecule has 2 aromatic rings. The Balaban J connectivity index is 0.000000878. The van der Waals surface area contributed by atoms with Crippen LogP contribution in [0, 0.1) is 5.82 Å². The maximum absolute atomic E-state index is 13.9. The van der Waals surface area contributed by atoms with Gasteiger partial charge in [0.05, 0.1) is 0 Å². The van der Waals surface area contributed by atoms with Crippen molar-refractivity contribution in [1.82, 2.24) is 0 Å². The third kappa shape index (κ3) is 6.10. The first-order valence-corrected chi connectivity index (χ1v) is 8.94. The highest BCUT2D eigenvalue weighted by Crippen LogP contribution is 2.41. The van der Waals surface area contributed by atoms with Crippen LogP contribution in [0.4, 0.5) is 13.2 Å². The van der Waals surface area contributed by atoms with E-state index in [2.05, 4.69) is 6.92 Å². The Hall–Kier alpha value is -2.85. The maximum Gasteiger partial charge on any atom is 0.373 e. The molecule has 2 aromatic carbocycles. The van der Waals surface area contributed by atoms with Crippen molar-refractivity contribution in [3.63, 3.8) is 0 Å². The third-order valence-corrected chi connectivity index (χ3v) is 4.58. The summed E-state index contributed by atoms with van der Waals surface area (Å²) in [6, 6.07) is 13.7. The van der Waals surface area contributed by atoms with Crippen LogP contribution in [0.2, 0.25) is 0 Å². The largest absolute Gasteiger partial charge is 0.489 e. The van der Waals surface area contributed by atoms with Gasteiger partial charge < -0.3 is 4.74 Å². The summed E-state index contributed by atoms with van der Waals surface area (Å²) in [6.07, 6.45) is 0.958. The summed E-state index contributed by atoms with van der Waals surface area (Å²) in [7, 11) is 0. The van der Waals surface area contributed by atoms with Gasteiger partial charge in [-0.05, 0) is 59.4 Å². The van der Waals surface area contributed by atoms with Gasteiger partial charge in [0.15, 0.2) is 0 Å². The Bertz CT molecular complexity index is 834. The fourth-order valence-corrected chi connectivity index (χ4v) is 3.12. The predicted molar refractivity (Wildman–Crippen MR) is 98.4 cm³/mol. The van der Waals surface area contributed by atoms with Crippen LogP contribution in [-0.2, 0) is 16.0 Å². The summed E-state index contributed by atoms with van der Waals surface area (Å²) in [5.41, 5.74) is 3.41. The van der Waals surface area contributed by atoms with Crippen LogP contribution in [0.25, 0.3) is 5.57 Å². The van der Waals surface area contributed by atoms with E-state index in [1.807, 2.05) is 24.3 Å². The topological polar surface area (TPSA) is 43.4 Å². The number of hydrogen-bond donors (Lipinski definition) is 0. The molecule has 0 amide bonds. The number of halogens is 3. The Morgan fingerprint density at radius 2 is 1.64 bits per heavy atom. The molecule has 1 aliphatic rings. The van der Waals surface area contributed by atoms with Gasteiger partial charge in [-0.25, -0.2) is 13.2 Å². The van der Waals surface area contributed by atoms with Crippen LogP contribution in [0.3, 0.4) is 0 Å². The average molecular weight is 390 g/mol. The van der Waals surface area contributed by atoms with E-state index in [4.69, 9.17) is 14.3 Å². The van der Waals surface area contributed by atoms with Crippen molar-refractivity contribution in [3.05, 3.63) is 71.0 Å². The van der Waals surface area contributed by atoms with Gasteiger partial charge in [0.2, 0.25) is 0 Å². The van der Waals surface area contributed by atoms with Crippen molar-refractivity contribution in [2.24, 2.45) is 0 Å². The lowest BCUT2D eigenvalue weighted by Crippen LogP contribution is -2.24. The molecule has 6 heteroatoms. The summed E-state index contributed by atoms with van der Waals surface area (Å²) >= 11 is 0. The van der Waals surface area contributed by atoms with Crippen molar-refractivity contribution in [3.8, 4) is 5.75 Å². The van der Waals surface area contributed by atoms with Gasteiger partial charge in [-0.3, -0.25) is 0 Å². The molecular formula is C22H21F3O3. The number of aryl methyl sites for hydroxylation is 1. The monoisotopic (exact) mass is 390 g/mol. The van der Waals surface area contributed by atoms with Gasteiger partial charge in [0.25, 0.3) is 5.92 Å². The fraction of sp³-hybridized carbons (Fsp3) is 0.318. The smallest absolute Gasteiger partial charge is 0.373 e. The number of benzene rings is 2. The minimum absolute atomic E-state index is 0.119. The molecule has 0 aliphatic heterocycles. The number of hydrogen-bond acceptors (Lipinski definition) is 3. The summed E-state index contributed by atoms with van der Waals surface area (Å²) < 4.78 is 46.7. The number of alkyl halides is 2. The SMILES string of the molecule is CCc1ccc(OCC2=C(c3ccc(F)cc3)CCC(F)(F)C2)cc1.O=C=O. The summed E-state index contributed by atoms with van der Waals surface area (Å²) in [5.74, 6) is -2.38. The van der Waals surface area contributed by atoms with Crippen LogP contribution in [-0.4, -0.2) is 18.7 Å². The number of rotatable bonds is 5. The Morgan fingerprint density at radius 1 is 1.04 bits per heavy atom. The van der Waals surface area contributed by atoms with E-state index in [1.54, 1.807) is 12.1 Å². The van der Waals surface area contributed by atoms with Crippen molar-refractivity contribution in [1.29, 1.82) is 0 Å². The van der Waals surface area contributed by atoms with Crippen LogP contribution in [0.5, 0.6) is 5.75 Å². The number of ether oxygens (including phenoxy) is 1. The Kier molecular flexibility index (Phi) is 7.59. The van der Waals surface area contributed by atoms with E-state index < -0.39 is 5.92 Å². The van der Waals surface area contributed by atoms with E-state index in [-0.39, 0.29) is 37.8 Å². The molecular weight excluding hydrogens is 369 g/mol. The summed E-state index contributed by atoms with van der Waals surface area (Å²) in [6.45, 7) is 2.19. The van der Waals surface area contributed by atoms with Crippen molar-refractivity contribution in [2.75, 3.05) is 6.61 Å². The molecule has 0 saturated heterocycles. The zero-order valence-electron chi connectivity index (χ0n) is 15.5. The molecule has 148 valence electrons. The van der Waals surface area contributed by atoms with E-state index in [9.17, 15) is 13.2 Å². The van der Waals surface area contributed by atoms with Crippen LogP contribution < -0.4 is 4.74 Å². The van der Waals surface area contributed by atoms with E-state index in [0.717, 1.165) is 17.6 Å². The highest BCUT2D eigenvalue weighted by Gasteiger charge is 2.35. The molecule has 0 heterocycles. The van der Waals surface area contributed by atoms with Gasteiger partial charge in [0.1, 0.15) is 18.2 Å². The average Bonchev–Trinajstić information content (AvgIpc) is 2.68. The molecule has 1 aliphatic carbocycles. The lowest BCUT2D eigenvalue weighted by molar-refractivity contribution is -0.191. The van der Waals surface area contributed by atoms with Crippen molar-refractivity contribution >= 4 is 11.7 Å². The van der Waals surface area contributed by atoms with E-state index >= 15 is 0 Å². The quantitative estimate of drug-likeness (QED) is 0.681. The van der Waals surface area contributed by atoms with Crippen molar-refractivity contribution < 1.29 is 27.5 Å². The minimum Gasteiger partial charge on any atom is -0.489 e. The first-order valence-electron chi connectivity index (χ1n) is 8.94. The van der Waals surface area contributed by atoms with E-state index in [0.29, 0.717) is 11.3 Å². The van der Waals surface area contributed by atoms with Crippen LogP contribution in [0.15, 0.2) is 54.1 Å². The van der Waals surface area contributed by atoms with Crippen LogP contribution in [0.1, 0.15) is 37.3 Å².